The van der Waals surface area contributed by atoms with E-state index in [9.17, 15) is 0 Å². The van der Waals surface area contributed by atoms with Crippen molar-refractivity contribution < 1.29 is 17.0 Å². The van der Waals surface area contributed by atoms with Gasteiger partial charge in [-0.3, -0.25) is 0 Å². The summed E-state index contributed by atoms with van der Waals surface area (Å²) in [6.45, 7) is 5.51. The minimum Gasteiger partial charge on any atom is -1.00 e. The van der Waals surface area contributed by atoms with Crippen molar-refractivity contribution in [2.24, 2.45) is 7.05 Å². The molecule has 0 fully saturated rings. The van der Waals surface area contributed by atoms with Crippen molar-refractivity contribution >= 4 is 0 Å². The third-order valence-electron chi connectivity index (χ3n) is 2.30. The zero-order valence-corrected chi connectivity index (χ0v) is 9.51. The summed E-state index contributed by atoms with van der Waals surface area (Å²) in [5.41, 5.74) is 0. The second-order valence-electron chi connectivity index (χ2n) is 3.21. The van der Waals surface area contributed by atoms with E-state index in [0.717, 1.165) is 6.54 Å². The first-order valence-electron chi connectivity index (χ1n) is 4.83. The van der Waals surface area contributed by atoms with Crippen molar-refractivity contribution in [2.45, 2.75) is 39.7 Å². The molecule has 0 aromatic carbocycles. The molecule has 0 saturated carbocycles. The molecule has 13 heavy (non-hydrogen) atoms. The molecule has 0 aliphatic heterocycles. The lowest BCUT2D eigenvalue weighted by Gasteiger charge is -1.98. The molecule has 0 aliphatic carbocycles. The predicted octanol–water partition coefficient (Wildman–Crippen LogP) is -1.32. The van der Waals surface area contributed by atoms with Gasteiger partial charge in [-0.25, -0.2) is 9.13 Å². The van der Waals surface area contributed by atoms with E-state index in [2.05, 4.69) is 42.4 Å². The largest absolute Gasteiger partial charge is 1.00 e. The average molecular weight is 203 g/mol. The second kappa shape index (κ2) is 6.03. The van der Waals surface area contributed by atoms with Gasteiger partial charge in [0.05, 0.1) is 13.6 Å². The van der Waals surface area contributed by atoms with Crippen LogP contribution in [0.15, 0.2) is 12.4 Å². The van der Waals surface area contributed by atoms with Crippen LogP contribution in [0.4, 0.5) is 0 Å². The Morgan fingerprint density at radius 3 is 2.62 bits per heavy atom. The first kappa shape index (κ1) is 12.5. The summed E-state index contributed by atoms with van der Waals surface area (Å²) in [6.07, 6.45) is 8.06. The van der Waals surface area contributed by atoms with E-state index in [1.807, 2.05) is 0 Å². The van der Waals surface area contributed by atoms with Crippen molar-refractivity contribution in [3.63, 3.8) is 0 Å². The summed E-state index contributed by atoms with van der Waals surface area (Å²) in [4.78, 5) is 0. The van der Waals surface area contributed by atoms with E-state index in [0.29, 0.717) is 0 Å². The van der Waals surface area contributed by atoms with E-state index < -0.39 is 0 Å². The Morgan fingerprint density at radius 1 is 1.38 bits per heavy atom. The minimum atomic E-state index is 0. The third-order valence-corrected chi connectivity index (χ3v) is 2.30. The Hall–Kier alpha value is -0.500. The van der Waals surface area contributed by atoms with Gasteiger partial charge in [0, 0.05) is 6.42 Å². The van der Waals surface area contributed by atoms with Crippen molar-refractivity contribution in [1.82, 2.24) is 4.57 Å². The van der Waals surface area contributed by atoms with E-state index in [4.69, 9.17) is 0 Å². The van der Waals surface area contributed by atoms with Gasteiger partial charge in [-0.05, 0) is 13.3 Å². The Kier molecular flexibility index (Phi) is 5.80. The number of imidazole rings is 1. The molecule has 0 amide bonds. The van der Waals surface area contributed by atoms with E-state index in [-0.39, 0.29) is 12.4 Å². The first-order valence-corrected chi connectivity index (χ1v) is 4.83. The average Bonchev–Trinajstić information content (AvgIpc) is 2.43. The number of nitrogens with zero attached hydrogens (tertiary/aromatic N) is 2. The first-order chi connectivity index (χ1) is 5.79. The number of hydrogen-bond donors (Lipinski definition) is 0. The molecule has 1 heterocycles. The smallest absolute Gasteiger partial charge is 0.256 e. The topological polar surface area (TPSA) is 8.81 Å². The van der Waals surface area contributed by atoms with Gasteiger partial charge in [-0.2, -0.15) is 0 Å². The summed E-state index contributed by atoms with van der Waals surface area (Å²) in [5, 5.41) is 0. The quantitative estimate of drug-likeness (QED) is 0.536. The van der Waals surface area contributed by atoms with Gasteiger partial charge in [-0.1, -0.05) is 13.3 Å². The number of rotatable bonds is 4. The molecular weight excluding hydrogens is 184 g/mol. The van der Waals surface area contributed by atoms with Crippen LogP contribution in [0.25, 0.3) is 0 Å². The van der Waals surface area contributed by atoms with E-state index in [1.54, 1.807) is 0 Å². The molecule has 0 N–H and O–H groups in total. The molecule has 1 aromatic rings. The monoisotopic (exact) mass is 202 g/mol. The third kappa shape index (κ3) is 3.03. The lowest BCUT2D eigenvalue weighted by Crippen LogP contribution is -3.00. The van der Waals surface area contributed by atoms with Crippen LogP contribution >= 0.6 is 0 Å². The van der Waals surface area contributed by atoms with Crippen molar-refractivity contribution in [3.8, 4) is 0 Å². The number of aromatic nitrogens is 2. The van der Waals surface area contributed by atoms with Gasteiger partial charge in [-0.15, -0.1) is 0 Å². The molecule has 3 heteroatoms. The van der Waals surface area contributed by atoms with Crippen LogP contribution in [0.1, 0.15) is 32.5 Å². The molecule has 0 radical (unpaired) electrons. The maximum atomic E-state index is 2.32. The fourth-order valence-corrected chi connectivity index (χ4v) is 1.50. The number of halogens is 1. The Balaban J connectivity index is 0.00000144. The van der Waals surface area contributed by atoms with E-state index >= 15 is 0 Å². The maximum Gasteiger partial charge on any atom is 0.256 e. The molecule has 0 unspecified atom stereocenters. The zero-order chi connectivity index (χ0) is 8.97. The Labute approximate surface area is 87.0 Å². The van der Waals surface area contributed by atoms with Crippen LogP contribution < -0.4 is 17.0 Å². The van der Waals surface area contributed by atoms with Gasteiger partial charge >= 0.3 is 0 Å². The molecule has 0 aliphatic rings. The lowest BCUT2D eigenvalue weighted by atomic mass is 10.2. The van der Waals surface area contributed by atoms with Crippen LogP contribution in [0.2, 0.25) is 0 Å². The van der Waals surface area contributed by atoms with Crippen LogP contribution in [0.5, 0.6) is 0 Å². The summed E-state index contributed by atoms with van der Waals surface area (Å²) in [7, 11) is 2.12. The SMILES string of the molecule is CCCCc1n(CC)cc[n+]1C.[Cl-]. The van der Waals surface area contributed by atoms with Gasteiger partial charge in [0.1, 0.15) is 12.4 Å². The molecule has 0 spiro atoms. The Morgan fingerprint density at radius 2 is 2.08 bits per heavy atom. The van der Waals surface area contributed by atoms with Crippen LogP contribution in [0.3, 0.4) is 0 Å². The second-order valence-corrected chi connectivity index (χ2v) is 3.21. The number of hydrogen-bond acceptors (Lipinski definition) is 0. The fraction of sp³-hybridized carbons (Fsp3) is 0.700. The van der Waals surface area contributed by atoms with Gasteiger partial charge in [0.2, 0.25) is 0 Å². The normalized spacial score (nSPS) is 9.77. The van der Waals surface area contributed by atoms with Crippen molar-refractivity contribution in [3.05, 3.63) is 18.2 Å². The molecule has 1 rings (SSSR count). The molecule has 0 saturated heterocycles. The maximum absolute atomic E-state index is 2.32. The molecule has 0 atom stereocenters. The zero-order valence-electron chi connectivity index (χ0n) is 8.76. The van der Waals surface area contributed by atoms with Crippen LogP contribution in [-0.2, 0) is 20.0 Å². The van der Waals surface area contributed by atoms with Gasteiger partial charge in [0.25, 0.3) is 5.82 Å². The van der Waals surface area contributed by atoms with Crippen molar-refractivity contribution in [2.75, 3.05) is 0 Å². The summed E-state index contributed by atoms with van der Waals surface area (Å²) in [5.74, 6) is 1.44. The molecule has 2 nitrogen and oxygen atoms in total. The Bertz CT molecular complexity index is 243. The summed E-state index contributed by atoms with van der Waals surface area (Å²) < 4.78 is 4.54. The number of unbranched alkanes of at least 4 members (excludes halogenated alkanes) is 1. The lowest BCUT2D eigenvalue weighted by molar-refractivity contribution is -0.678. The van der Waals surface area contributed by atoms with Crippen molar-refractivity contribution in [1.29, 1.82) is 0 Å². The van der Waals surface area contributed by atoms with Gasteiger partial charge in [0.15, 0.2) is 0 Å². The minimum absolute atomic E-state index is 0. The molecule has 76 valence electrons. The van der Waals surface area contributed by atoms with Gasteiger partial charge < -0.3 is 12.4 Å². The van der Waals surface area contributed by atoms with Crippen LogP contribution in [0, 0.1) is 0 Å². The molecular formula is C10H19ClN2. The molecule has 0 bridgehead atoms. The van der Waals surface area contributed by atoms with Crippen LogP contribution in [-0.4, -0.2) is 4.57 Å². The van der Waals surface area contributed by atoms with E-state index in [1.165, 1.54) is 25.1 Å². The summed E-state index contributed by atoms with van der Waals surface area (Å²) in [6, 6.07) is 0. The standard InChI is InChI=1S/C10H19N2.ClH/c1-4-6-7-10-11(3)8-9-12(10)5-2;/h8-9H,4-7H2,1-3H3;1H/q+1;/p-1. The summed E-state index contributed by atoms with van der Waals surface area (Å²) >= 11 is 0. The highest BCUT2D eigenvalue weighted by atomic mass is 35.5. The highest BCUT2D eigenvalue weighted by Gasteiger charge is 2.10. The highest BCUT2D eigenvalue weighted by Crippen LogP contribution is 2.00. The molecule has 1 aromatic heterocycles. The number of aryl methyl sites for hydroxylation is 2. The predicted molar refractivity (Wildman–Crippen MR) is 49.9 cm³/mol. The highest BCUT2D eigenvalue weighted by molar-refractivity contribution is 4.83. The fourth-order valence-electron chi connectivity index (χ4n) is 1.50.